The molecule has 100 valence electrons. The average molecular weight is 347 g/mol. The molecule has 0 aliphatic heterocycles. The summed E-state index contributed by atoms with van der Waals surface area (Å²) >= 11 is 2.98. The number of halogens is 3. The number of hydrogen-bond acceptors (Lipinski definition) is 2. The summed E-state index contributed by atoms with van der Waals surface area (Å²) < 4.78 is 50.9. The largest absolute Gasteiger partial charge is 0.223 e. The van der Waals surface area contributed by atoms with E-state index in [0.717, 1.165) is 12.1 Å². The molecule has 0 amide bonds. The maximum atomic E-state index is 13.5. The molecule has 0 spiro atoms. The van der Waals surface area contributed by atoms with E-state index in [-0.39, 0.29) is 15.1 Å². The zero-order valence-electron chi connectivity index (χ0n) is 9.61. The van der Waals surface area contributed by atoms with Gasteiger partial charge in [0.15, 0.2) is 9.84 Å². The van der Waals surface area contributed by atoms with E-state index < -0.39 is 21.5 Å². The van der Waals surface area contributed by atoms with E-state index in [4.69, 9.17) is 0 Å². The fourth-order valence-corrected chi connectivity index (χ4v) is 3.47. The molecule has 0 saturated carbocycles. The molecule has 6 heteroatoms. The normalized spacial score (nSPS) is 11.5. The van der Waals surface area contributed by atoms with Gasteiger partial charge in [-0.1, -0.05) is 18.2 Å². The zero-order chi connectivity index (χ0) is 14.0. The Morgan fingerprint density at radius 1 is 1.00 bits per heavy atom. The van der Waals surface area contributed by atoms with Crippen molar-refractivity contribution in [3.8, 4) is 0 Å². The number of hydrogen-bond donors (Lipinski definition) is 0. The molecule has 0 atom stereocenters. The molecule has 2 nitrogen and oxygen atoms in total. The van der Waals surface area contributed by atoms with E-state index in [2.05, 4.69) is 15.9 Å². The Balaban J connectivity index is 2.37. The molecule has 0 heterocycles. The van der Waals surface area contributed by atoms with Gasteiger partial charge in [-0.15, -0.1) is 0 Å². The summed E-state index contributed by atoms with van der Waals surface area (Å²) in [7, 11) is -3.79. The van der Waals surface area contributed by atoms with Crippen LogP contribution in [-0.2, 0) is 15.6 Å². The van der Waals surface area contributed by atoms with Crippen molar-refractivity contribution in [2.24, 2.45) is 0 Å². The van der Waals surface area contributed by atoms with Crippen molar-refractivity contribution in [3.05, 3.63) is 64.1 Å². The first-order chi connectivity index (χ1) is 8.90. The van der Waals surface area contributed by atoms with Gasteiger partial charge in [0.1, 0.15) is 16.5 Å². The van der Waals surface area contributed by atoms with Crippen molar-refractivity contribution < 1.29 is 17.2 Å². The lowest BCUT2D eigenvalue weighted by atomic mass is 10.2. The first-order valence-corrected chi connectivity index (χ1v) is 7.76. The Bertz CT molecular complexity index is 714. The van der Waals surface area contributed by atoms with Crippen LogP contribution in [0.25, 0.3) is 0 Å². The summed E-state index contributed by atoms with van der Waals surface area (Å²) in [4.78, 5) is -0.351. The number of rotatable bonds is 3. The van der Waals surface area contributed by atoms with Gasteiger partial charge in [0, 0.05) is 0 Å². The van der Waals surface area contributed by atoms with Crippen LogP contribution >= 0.6 is 15.9 Å². The van der Waals surface area contributed by atoms with Gasteiger partial charge in [-0.3, -0.25) is 0 Å². The molecule has 0 aliphatic carbocycles. The van der Waals surface area contributed by atoms with Crippen LogP contribution in [-0.4, -0.2) is 8.42 Å². The summed E-state index contributed by atoms with van der Waals surface area (Å²) in [5, 5.41) is 0. The van der Waals surface area contributed by atoms with Gasteiger partial charge in [-0.05, 0) is 45.8 Å². The minimum atomic E-state index is -3.79. The van der Waals surface area contributed by atoms with Gasteiger partial charge in [0.2, 0.25) is 0 Å². The van der Waals surface area contributed by atoms with Crippen LogP contribution in [0.1, 0.15) is 5.56 Å². The van der Waals surface area contributed by atoms with Crippen LogP contribution < -0.4 is 0 Å². The molecular formula is C13H9BrF2O2S. The Labute approximate surface area is 118 Å². The molecule has 0 fully saturated rings. The summed E-state index contributed by atoms with van der Waals surface area (Å²) in [6.07, 6.45) is 0. The average Bonchev–Trinajstić information content (AvgIpc) is 2.34. The Kier molecular flexibility index (Phi) is 4.01. The smallest absolute Gasteiger partial charge is 0.185 e. The van der Waals surface area contributed by atoms with Gasteiger partial charge in [0.25, 0.3) is 0 Å². The van der Waals surface area contributed by atoms with Gasteiger partial charge >= 0.3 is 0 Å². The van der Waals surface area contributed by atoms with Crippen LogP contribution in [0, 0.1) is 11.6 Å². The first kappa shape index (κ1) is 14.1. The summed E-state index contributed by atoms with van der Waals surface area (Å²) in [5.41, 5.74) is 0.386. The van der Waals surface area contributed by atoms with Gasteiger partial charge in [0.05, 0.1) is 10.2 Å². The van der Waals surface area contributed by atoms with Gasteiger partial charge < -0.3 is 0 Å². The third kappa shape index (κ3) is 3.19. The molecule has 0 radical (unpaired) electrons. The molecule has 19 heavy (non-hydrogen) atoms. The molecule has 2 aromatic carbocycles. The fourth-order valence-electron chi connectivity index (χ4n) is 1.62. The minimum Gasteiger partial charge on any atom is -0.223 e. The van der Waals surface area contributed by atoms with E-state index in [1.54, 1.807) is 0 Å². The predicted molar refractivity (Wildman–Crippen MR) is 71.4 cm³/mol. The van der Waals surface area contributed by atoms with E-state index >= 15 is 0 Å². The quantitative estimate of drug-likeness (QED) is 0.849. The van der Waals surface area contributed by atoms with Crippen LogP contribution in [0.3, 0.4) is 0 Å². The number of sulfone groups is 1. The third-order valence-corrected chi connectivity index (χ3v) is 4.83. The number of benzene rings is 2. The maximum absolute atomic E-state index is 13.5. The van der Waals surface area contributed by atoms with Crippen LogP contribution in [0.4, 0.5) is 8.78 Å². The molecular weight excluding hydrogens is 338 g/mol. The van der Waals surface area contributed by atoms with E-state index in [9.17, 15) is 17.2 Å². The molecule has 2 aromatic rings. The highest BCUT2D eigenvalue weighted by atomic mass is 79.9. The van der Waals surface area contributed by atoms with E-state index in [1.165, 1.54) is 30.3 Å². The zero-order valence-corrected chi connectivity index (χ0v) is 12.0. The molecule has 0 unspecified atom stereocenters. The topological polar surface area (TPSA) is 34.1 Å². The maximum Gasteiger partial charge on any atom is 0.185 e. The molecule has 0 saturated heterocycles. The molecule has 0 aliphatic rings. The Morgan fingerprint density at radius 2 is 1.68 bits per heavy atom. The Morgan fingerprint density at radius 3 is 2.32 bits per heavy atom. The van der Waals surface area contributed by atoms with Crippen LogP contribution in [0.15, 0.2) is 51.8 Å². The van der Waals surface area contributed by atoms with Gasteiger partial charge in [-0.25, -0.2) is 17.2 Å². The van der Waals surface area contributed by atoms with Crippen molar-refractivity contribution in [1.82, 2.24) is 0 Å². The molecule has 0 bridgehead atoms. The minimum absolute atomic E-state index is 0.175. The van der Waals surface area contributed by atoms with Crippen molar-refractivity contribution in [2.45, 2.75) is 10.6 Å². The van der Waals surface area contributed by atoms with E-state index in [0.29, 0.717) is 5.56 Å². The van der Waals surface area contributed by atoms with Crippen molar-refractivity contribution in [2.75, 3.05) is 0 Å². The monoisotopic (exact) mass is 346 g/mol. The highest BCUT2D eigenvalue weighted by Gasteiger charge is 2.19. The molecule has 2 rings (SSSR count). The van der Waals surface area contributed by atoms with Crippen molar-refractivity contribution in [1.29, 1.82) is 0 Å². The first-order valence-electron chi connectivity index (χ1n) is 5.31. The van der Waals surface area contributed by atoms with Crippen molar-refractivity contribution >= 4 is 25.8 Å². The lowest BCUT2D eigenvalue weighted by Gasteiger charge is -2.06. The second-order valence-electron chi connectivity index (χ2n) is 3.94. The third-order valence-electron chi connectivity index (χ3n) is 2.51. The summed E-state index contributed by atoms with van der Waals surface area (Å²) in [6, 6.07) is 9.07. The highest BCUT2D eigenvalue weighted by Crippen LogP contribution is 2.22. The predicted octanol–water partition coefficient (Wildman–Crippen LogP) is 3.70. The van der Waals surface area contributed by atoms with E-state index in [1.807, 2.05) is 0 Å². The Hall–Kier alpha value is -1.27. The second kappa shape index (κ2) is 5.38. The highest BCUT2D eigenvalue weighted by molar-refractivity contribution is 9.10. The van der Waals surface area contributed by atoms with Crippen molar-refractivity contribution in [3.63, 3.8) is 0 Å². The summed E-state index contributed by atoms with van der Waals surface area (Å²) in [6.45, 7) is 0. The van der Waals surface area contributed by atoms with Crippen LogP contribution in [0.2, 0.25) is 0 Å². The molecule has 0 N–H and O–H groups in total. The van der Waals surface area contributed by atoms with Gasteiger partial charge in [-0.2, -0.15) is 0 Å². The molecule has 0 aromatic heterocycles. The van der Waals surface area contributed by atoms with Crippen LogP contribution in [0.5, 0.6) is 0 Å². The lowest BCUT2D eigenvalue weighted by molar-refractivity contribution is 0.566. The second-order valence-corrected chi connectivity index (χ2v) is 6.75. The SMILES string of the molecule is O=S(=O)(Cc1ccc(F)c(Br)c1)c1ccccc1F. The standard InChI is InChI=1S/C13H9BrF2O2S/c14-10-7-9(5-6-11(10)15)8-19(17,18)13-4-2-1-3-12(13)16/h1-7H,8H2. The summed E-state index contributed by atoms with van der Waals surface area (Å²) in [5.74, 6) is -1.65. The lowest BCUT2D eigenvalue weighted by Crippen LogP contribution is -2.07. The fraction of sp³-hybridized carbons (Fsp3) is 0.0769.